The highest BCUT2D eigenvalue weighted by molar-refractivity contribution is 5.66. The third-order valence-electron chi connectivity index (χ3n) is 4.14. The number of rotatable bonds is 9. The molecule has 0 aromatic carbocycles. The topological polar surface area (TPSA) is 88.2 Å². The van der Waals surface area contributed by atoms with Crippen LogP contribution in [0.25, 0.3) is 0 Å². The highest BCUT2D eigenvalue weighted by atomic mass is 16.4. The van der Waals surface area contributed by atoms with Gasteiger partial charge in [-0.2, -0.15) is 0 Å². The van der Waals surface area contributed by atoms with Crippen LogP contribution >= 0.6 is 0 Å². The van der Waals surface area contributed by atoms with Crippen LogP contribution in [0.1, 0.15) is 57.1 Å². The monoisotopic (exact) mass is 295 g/mol. The van der Waals surface area contributed by atoms with Crippen molar-refractivity contribution in [1.29, 1.82) is 0 Å². The van der Waals surface area contributed by atoms with Gasteiger partial charge in [-0.25, -0.2) is 4.68 Å². The van der Waals surface area contributed by atoms with Gasteiger partial charge < -0.3 is 10.2 Å². The molecule has 1 atom stereocenters. The third-order valence-corrected chi connectivity index (χ3v) is 4.14. The molecule has 1 aliphatic rings. The van der Waals surface area contributed by atoms with Crippen molar-refractivity contribution < 1.29 is 15.0 Å². The lowest BCUT2D eigenvalue weighted by Gasteiger charge is -2.14. The van der Waals surface area contributed by atoms with Gasteiger partial charge in [-0.1, -0.05) is 30.9 Å². The first-order valence-corrected chi connectivity index (χ1v) is 7.92. The SMILES string of the molecule is O=C(O)CCCCc1cn(CC(O)CC2CCCC2)nn1. The molecule has 6 nitrogen and oxygen atoms in total. The minimum Gasteiger partial charge on any atom is -0.481 e. The second kappa shape index (κ2) is 8.12. The van der Waals surface area contributed by atoms with Crippen LogP contribution < -0.4 is 0 Å². The summed E-state index contributed by atoms with van der Waals surface area (Å²) in [6, 6.07) is 0. The van der Waals surface area contributed by atoms with Gasteiger partial charge in [0.15, 0.2) is 0 Å². The molecule has 0 radical (unpaired) electrons. The van der Waals surface area contributed by atoms with Crippen LogP contribution in [0, 0.1) is 5.92 Å². The van der Waals surface area contributed by atoms with E-state index in [2.05, 4.69) is 10.3 Å². The predicted octanol–water partition coefficient (Wildman–Crippen LogP) is 2.02. The number of hydrogen-bond acceptors (Lipinski definition) is 4. The van der Waals surface area contributed by atoms with Crippen LogP contribution in [0.15, 0.2) is 6.20 Å². The number of hydrogen-bond donors (Lipinski definition) is 2. The Labute approximate surface area is 125 Å². The van der Waals surface area contributed by atoms with Crippen molar-refractivity contribution in [2.75, 3.05) is 0 Å². The molecule has 1 saturated carbocycles. The van der Waals surface area contributed by atoms with E-state index in [1.807, 2.05) is 6.20 Å². The maximum absolute atomic E-state index is 10.4. The normalized spacial score (nSPS) is 17.2. The molecule has 1 aromatic heterocycles. The number of carboxylic acids is 1. The molecule has 2 rings (SSSR count). The van der Waals surface area contributed by atoms with Crippen molar-refractivity contribution in [2.24, 2.45) is 5.92 Å². The van der Waals surface area contributed by atoms with E-state index in [0.717, 1.165) is 25.0 Å². The van der Waals surface area contributed by atoms with Crippen molar-refractivity contribution in [2.45, 2.75) is 70.4 Å². The molecule has 6 heteroatoms. The van der Waals surface area contributed by atoms with E-state index in [0.29, 0.717) is 18.9 Å². The maximum atomic E-state index is 10.4. The van der Waals surface area contributed by atoms with E-state index >= 15 is 0 Å². The van der Waals surface area contributed by atoms with Gasteiger partial charge in [0, 0.05) is 12.6 Å². The Bertz CT molecular complexity index is 441. The molecular weight excluding hydrogens is 270 g/mol. The molecule has 1 aromatic rings. The van der Waals surface area contributed by atoms with E-state index in [-0.39, 0.29) is 12.5 Å². The molecule has 0 bridgehead atoms. The summed E-state index contributed by atoms with van der Waals surface area (Å²) in [5, 5.41) is 26.8. The van der Waals surface area contributed by atoms with Gasteiger partial charge in [0.05, 0.1) is 18.3 Å². The van der Waals surface area contributed by atoms with Gasteiger partial charge >= 0.3 is 5.97 Å². The second-order valence-electron chi connectivity index (χ2n) is 6.07. The fourth-order valence-electron chi connectivity index (χ4n) is 3.05. The summed E-state index contributed by atoms with van der Waals surface area (Å²) >= 11 is 0. The fourth-order valence-corrected chi connectivity index (χ4v) is 3.05. The lowest BCUT2D eigenvalue weighted by molar-refractivity contribution is -0.137. The van der Waals surface area contributed by atoms with Gasteiger partial charge in [0.2, 0.25) is 0 Å². The minimum absolute atomic E-state index is 0.203. The van der Waals surface area contributed by atoms with Gasteiger partial charge in [0.25, 0.3) is 0 Å². The highest BCUT2D eigenvalue weighted by Gasteiger charge is 2.19. The fraction of sp³-hybridized carbons (Fsp3) is 0.800. The van der Waals surface area contributed by atoms with E-state index < -0.39 is 5.97 Å². The quantitative estimate of drug-likeness (QED) is 0.680. The Kier molecular flexibility index (Phi) is 6.17. The highest BCUT2D eigenvalue weighted by Crippen LogP contribution is 2.28. The average Bonchev–Trinajstić information content (AvgIpc) is 3.06. The van der Waals surface area contributed by atoms with Crippen LogP contribution in [-0.2, 0) is 17.8 Å². The number of nitrogens with zero attached hydrogens (tertiary/aromatic N) is 3. The summed E-state index contributed by atoms with van der Waals surface area (Å²) in [6.07, 6.45) is 9.83. The molecule has 2 N–H and O–H groups in total. The molecule has 0 aliphatic heterocycles. The predicted molar refractivity (Wildman–Crippen MR) is 77.8 cm³/mol. The van der Waals surface area contributed by atoms with Gasteiger partial charge in [-0.15, -0.1) is 5.10 Å². The lowest BCUT2D eigenvalue weighted by atomic mass is 10.0. The van der Waals surface area contributed by atoms with Gasteiger partial charge in [-0.3, -0.25) is 4.79 Å². The van der Waals surface area contributed by atoms with Crippen LogP contribution in [0.4, 0.5) is 0 Å². The first kappa shape index (κ1) is 15.9. The van der Waals surface area contributed by atoms with E-state index in [9.17, 15) is 9.90 Å². The summed E-state index contributed by atoms with van der Waals surface area (Å²) in [6.45, 7) is 0.499. The zero-order valence-electron chi connectivity index (χ0n) is 12.4. The number of carbonyl (C=O) groups is 1. The molecule has 0 spiro atoms. The smallest absolute Gasteiger partial charge is 0.303 e. The Balaban J connectivity index is 1.68. The molecular formula is C15H25N3O3. The van der Waals surface area contributed by atoms with Crippen molar-refractivity contribution in [3.63, 3.8) is 0 Å². The van der Waals surface area contributed by atoms with Crippen molar-refractivity contribution in [3.05, 3.63) is 11.9 Å². The zero-order valence-corrected chi connectivity index (χ0v) is 12.4. The summed E-state index contributed by atoms with van der Waals surface area (Å²) in [7, 11) is 0. The minimum atomic E-state index is -0.756. The van der Waals surface area contributed by atoms with Crippen molar-refractivity contribution >= 4 is 5.97 Å². The molecule has 1 aliphatic carbocycles. The Morgan fingerprint density at radius 1 is 1.38 bits per heavy atom. The number of aliphatic hydroxyl groups excluding tert-OH is 1. The number of carboxylic acid groups (broad SMARTS) is 1. The summed E-state index contributed by atoms with van der Waals surface area (Å²) in [4.78, 5) is 10.4. The number of aliphatic hydroxyl groups is 1. The lowest BCUT2D eigenvalue weighted by Crippen LogP contribution is -2.19. The maximum Gasteiger partial charge on any atom is 0.303 e. The Morgan fingerprint density at radius 3 is 2.86 bits per heavy atom. The summed E-state index contributed by atoms with van der Waals surface area (Å²) in [5.41, 5.74) is 0.869. The third kappa shape index (κ3) is 5.83. The first-order chi connectivity index (χ1) is 10.1. The summed E-state index contributed by atoms with van der Waals surface area (Å²) < 4.78 is 1.70. The molecule has 1 unspecified atom stereocenters. The van der Waals surface area contributed by atoms with E-state index in [1.54, 1.807) is 4.68 Å². The number of aromatic nitrogens is 3. The first-order valence-electron chi connectivity index (χ1n) is 7.92. The van der Waals surface area contributed by atoms with Crippen molar-refractivity contribution in [3.8, 4) is 0 Å². The average molecular weight is 295 g/mol. The largest absolute Gasteiger partial charge is 0.481 e. The standard InChI is InChI=1S/C15H25N3O3/c19-14(9-12-5-1-2-6-12)11-18-10-13(16-17-18)7-3-4-8-15(20)21/h10,12,14,19H,1-9,11H2,(H,20,21). The van der Waals surface area contributed by atoms with Gasteiger partial charge in [0.1, 0.15) is 0 Å². The second-order valence-corrected chi connectivity index (χ2v) is 6.07. The number of aliphatic carboxylic acids is 1. The Hall–Kier alpha value is -1.43. The number of unbranched alkanes of at least 4 members (excludes halogenated alkanes) is 1. The van der Waals surface area contributed by atoms with E-state index in [1.165, 1.54) is 25.7 Å². The van der Waals surface area contributed by atoms with Crippen LogP contribution in [0.5, 0.6) is 0 Å². The van der Waals surface area contributed by atoms with Crippen LogP contribution in [0.3, 0.4) is 0 Å². The number of aryl methyl sites for hydroxylation is 1. The molecule has 118 valence electrons. The van der Waals surface area contributed by atoms with Crippen LogP contribution in [0.2, 0.25) is 0 Å². The van der Waals surface area contributed by atoms with Crippen LogP contribution in [-0.4, -0.2) is 37.3 Å². The van der Waals surface area contributed by atoms with Crippen molar-refractivity contribution in [1.82, 2.24) is 15.0 Å². The summed E-state index contributed by atoms with van der Waals surface area (Å²) in [5.74, 6) is -0.0901. The van der Waals surface area contributed by atoms with Gasteiger partial charge in [-0.05, 0) is 31.6 Å². The van der Waals surface area contributed by atoms with E-state index in [4.69, 9.17) is 5.11 Å². The zero-order chi connectivity index (χ0) is 15.1. The molecule has 1 heterocycles. The molecule has 0 saturated heterocycles. The molecule has 1 fully saturated rings. The molecule has 21 heavy (non-hydrogen) atoms. The Morgan fingerprint density at radius 2 is 2.14 bits per heavy atom. The molecule has 0 amide bonds.